The number of rotatable bonds is 4. The minimum absolute atomic E-state index is 0.137. The van der Waals surface area contributed by atoms with Gasteiger partial charge in [-0.1, -0.05) is 25.1 Å². The van der Waals surface area contributed by atoms with Crippen LogP contribution in [0.25, 0.3) is 10.9 Å². The number of methoxy groups -OCH3 is 1. The van der Waals surface area contributed by atoms with Crippen LogP contribution in [-0.4, -0.2) is 62.2 Å². The molecule has 2 saturated heterocycles. The maximum Gasteiger partial charge on any atom is 0.254 e. The first-order chi connectivity index (χ1) is 16.1. The number of aromatic nitrogens is 1. The highest BCUT2D eigenvalue weighted by Crippen LogP contribution is 2.28. The van der Waals surface area contributed by atoms with Gasteiger partial charge in [0.15, 0.2) is 0 Å². The highest BCUT2D eigenvalue weighted by atomic mass is 16.5. The molecule has 0 saturated carbocycles. The summed E-state index contributed by atoms with van der Waals surface area (Å²) in [5.41, 5.74) is 2.88. The molecule has 1 aromatic heterocycles. The SMILES string of the molecule is COc1ccc(N2CCN(c3cc(C(=O)N4CCC[C@@H](C)C4)c4ccccc4n3)CC2)cc1. The monoisotopic (exact) mass is 444 g/mol. The number of likely N-dealkylation sites (tertiary alicyclic amines) is 1. The Morgan fingerprint density at radius 2 is 1.70 bits per heavy atom. The molecule has 6 heteroatoms. The largest absolute Gasteiger partial charge is 0.497 e. The van der Waals surface area contributed by atoms with E-state index in [-0.39, 0.29) is 5.91 Å². The smallest absolute Gasteiger partial charge is 0.254 e. The second-order valence-electron chi connectivity index (χ2n) is 9.22. The van der Waals surface area contributed by atoms with Crippen LogP contribution >= 0.6 is 0 Å². The number of carbonyl (C=O) groups is 1. The number of pyridine rings is 1. The summed E-state index contributed by atoms with van der Waals surface area (Å²) in [6.45, 7) is 7.47. The molecular formula is C27H32N4O2. The van der Waals surface area contributed by atoms with Crippen LogP contribution in [0.5, 0.6) is 5.75 Å². The van der Waals surface area contributed by atoms with Gasteiger partial charge in [-0.25, -0.2) is 4.98 Å². The van der Waals surface area contributed by atoms with Crippen LogP contribution in [0.1, 0.15) is 30.1 Å². The second kappa shape index (κ2) is 9.30. The maximum atomic E-state index is 13.5. The lowest BCUT2D eigenvalue weighted by molar-refractivity contribution is 0.0685. The highest BCUT2D eigenvalue weighted by molar-refractivity contribution is 6.07. The molecule has 0 bridgehead atoms. The fraction of sp³-hybridized carbons (Fsp3) is 0.407. The molecule has 5 rings (SSSR count). The number of para-hydroxylation sites is 1. The molecule has 0 N–H and O–H groups in total. The molecule has 0 aliphatic carbocycles. The zero-order chi connectivity index (χ0) is 22.8. The number of amides is 1. The van der Waals surface area contributed by atoms with E-state index in [9.17, 15) is 4.79 Å². The summed E-state index contributed by atoms with van der Waals surface area (Å²) < 4.78 is 5.28. The highest BCUT2D eigenvalue weighted by Gasteiger charge is 2.26. The average molecular weight is 445 g/mol. The average Bonchev–Trinajstić information content (AvgIpc) is 2.88. The van der Waals surface area contributed by atoms with Gasteiger partial charge in [-0.15, -0.1) is 0 Å². The van der Waals surface area contributed by atoms with Crippen LogP contribution < -0.4 is 14.5 Å². The summed E-state index contributed by atoms with van der Waals surface area (Å²) in [6.07, 6.45) is 2.28. The number of benzene rings is 2. The fourth-order valence-corrected chi connectivity index (χ4v) is 5.03. The van der Waals surface area contributed by atoms with Crippen molar-refractivity contribution in [2.45, 2.75) is 19.8 Å². The molecule has 0 radical (unpaired) electrons. The van der Waals surface area contributed by atoms with Gasteiger partial charge in [-0.05, 0) is 55.2 Å². The third-order valence-corrected chi connectivity index (χ3v) is 6.92. The number of anilines is 2. The van der Waals surface area contributed by atoms with Crippen LogP contribution in [0.3, 0.4) is 0 Å². The van der Waals surface area contributed by atoms with Crippen molar-refractivity contribution in [2.24, 2.45) is 5.92 Å². The van der Waals surface area contributed by atoms with Gasteiger partial charge in [0.2, 0.25) is 0 Å². The van der Waals surface area contributed by atoms with E-state index in [0.717, 1.165) is 73.7 Å². The number of carbonyl (C=O) groups excluding carboxylic acids is 1. The van der Waals surface area contributed by atoms with E-state index in [2.05, 4.69) is 28.9 Å². The molecule has 2 aliphatic rings. The van der Waals surface area contributed by atoms with Crippen molar-refractivity contribution >= 4 is 28.3 Å². The van der Waals surface area contributed by atoms with E-state index in [1.807, 2.05) is 47.4 Å². The fourth-order valence-electron chi connectivity index (χ4n) is 5.03. The van der Waals surface area contributed by atoms with Crippen LogP contribution in [-0.2, 0) is 0 Å². The summed E-state index contributed by atoms with van der Waals surface area (Å²) >= 11 is 0. The molecule has 6 nitrogen and oxygen atoms in total. The molecule has 2 aliphatic heterocycles. The second-order valence-corrected chi connectivity index (χ2v) is 9.22. The molecule has 2 fully saturated rings. The third kappa shape index (κ3) is 4.47. The Hall–Kier alpha value is -3.28. The van der Waals surface area contributed by atoms with Gasteiger partial charge in [-0.3, -0.25) is 4.79 Å². The Labute approximate surface area is 195 Å². The Kier molecular flexibility index (Phi) is 6.07. The van der Waals surface area contributed by atoms with Gasteiger partial charge >= 0.3 is 0 Å². The van der Waals surface area contributed by atoms with Crippen molar-refractivity contribution in [1.29, 1.82) is 0 Å². The Morgan fingerprint density at radius 3 is 2.42 bits per heavy atom. The molecule has 3 aromatic rings. The number of ether oxygens (including phenoxy) is 1. The van der Waals surface area contributed by atoms with Crippen LogP contribution in [0.2, 0.25) is 0 Å². The van der Waals surface area contributed by atoms with Gasteiger partial charge in [-0.2, -0.15) is 0 Å². The van der Waals surface area contributed by atoms with E-state index >= 15 is 0 Å². The Morgan fingerprint density at radius 1 is 0.970 bits per heavy atom. The lowest BCUT2D eigenvalue weighted by Crippen LogP contribution is -2.47. The van der Waals surface area contributed by atoms with Crippen LogP contribution in [0, 0.1) is 5.92 Å². The van der Waals surface area contributed by atoms with Gasteiger partial charge in [0.1, 0.15) is 11.6 Å². The zero-order valence-electron chi connectivity index (χ0n) is 19.5. The molecule has 0 spiro atoms. The normalized spacial score (nSPS) is 19.1. The molecule has 2 aromatic carbocycles. The molecule has 3 heterocycles. The topological polar surface area (TPSA) is 48.9 Å². The number of piperazine rings is 1. The van der Waals surface area contributed by atoms with Gasteiger partial charge < -0.3 is 19.4 Å². The number of hydrogen-bond donors (Lipinski definition) is 0. The summed E-state index contributed by atoms with van der Waals surface area (Å²) in [5.74, 6) is 2.47. The van der Waals surface area contributed by atoms with Gasteiger partial charge in [0, 0.05) is 50.3 Å². The predicted octanol–water partition coefficient (Wildman–Crippen LogP) is 4.44. The molecular weight excluding hydrogens is 412 g/mol. The summed E-state index contributed by atoms with van der Waals surface area (Å²) in [4.78, 5) is 25.2. The quantitative estimate of drug-likeness (QED) is 0.595. The van der Waals surface area contributed by atoms with Crippen molar-refractivity contribution in [3.05, 3.63) is 60.2 Å². The van der Waals surface area contributed by atoms with Crippen molar-refractivity contribution in [3.8, 4) is 5.75 Å². The summed E-state index contributed by atoms with van der Waals surface area (Å²) in [6, 6.07) is 18.3. The first-order valence-corrected chi connectivity index (χ1v) is 12.0. The standard InChI is InChI=1S/C27H32N4O2/c1-20-6-5-13-31(19-20)27(32)24-18-26(28-25-8-4-3-7-23(24)25)30-16-14-29(15-17-30)21-9-11-22(33-2)12-10-21/h3-4,7-12,18,20H,5-6,13-17,19H2,1-2H3/t20-/m1/s1. The first kappa shape index (κ1) is 21.6. The Balaban J connectivity index is 1.38. The van der Waals surface area contributed by atoms with E-state index in [4.69, 9.17) is 9.72 Å². The Bertz CT molecular complexity index is 1120. The van der Waals surface area contributed by atoms with E-state index in [1.165, 1.54) is 12.1 Å². The number of hydrogen-bond acceptors (Lipinski definition) is 5. The van der Waals surface area contributed by atoms with E-state index < -0.39 is 0 Å². The number of fused-ring (bicyclic) bond motifs is 1. The molecule has 1 atom stereocenters. The maximum absolute atomic E-state index is 13.5. The van der Waals surface area contributed by atoms with E-state index in [1.54, 1.807) is 7.11 Å². The molecule has 33 heavy (non-hydrogen) atoms. The van der Waals surface area contributed by atoms with Crippen molar-refractivity contribution < 1.29 is 9.53 Å². The van der Waals surface area contributed by atoms with Gasteiger partial charge in [0.05, 0.1) is 18.2 Å². The van der Waals surface area contributed by atoms with E-state index in [0.29, 0.717) is 5.92 Å². The lowest BCUT2D eigenvalue weighted by Gasteiger charge is -2.37. The summed E-state index contributed by atoms with van der Waals surface area (Å²) in [7, 11) is 1.69. The van der Waals surface area contributed by atoms with Crippen LogP contribution in [0.15, 0.2) is 54.6 Å². The first-order valence-electron chi connectivity index (χ1n) is 12.0. The molecule has 0 unspecified atom stereocenters. The zero-order valence-corrected chi connectivity index (χ0v) is 19.5. The number of nitrogens with zero attached hydrogens (tertiary/aromatic N) is 4. The molecule has 1 amide bonds. The van der Waals surface area contributed by atoms with Crippen molar-refractivity contribution in [3.63, 3.8) is 0 Å². The minimum atomic E-state index is 0.137. The summed E-state index contributed by atoms with van der Waals surface area (Å²) in [5, 5.41) is 0.946. The predicted molar refractivity (Wildman–Crippen MR) is 133 cm³/mol. The molecule has 172 valence electrons. The minimum Gasteiger partial charge on any atom is -0.497 e. The van der Waals surface area contributed by atoms with Crippen molar-refractivity contribution in [1.82, 2.24) is 9.88 Å². The lowest BCUT2D eigenvalue weighted by atomic mass is 9.98. The van der Waals surface area contributed by atoms with Crippen LogP contribution in [0.4, 0.5) is 11.5 Å². The number of piperidine rings is 1. The third-order valence-electron chi connectivity index (χ3n) is 6.92. The van der Waals surface area contributed by atoms with Gasteiger partial charge in [0.25, 0.3) is 5.91 Å². The van der Waals surface area contributed by atoms with Crippen molar-refractivity contribution in [2.75, 3.05) is 56.2 Å².